The first-order valence-electron chi connectivity index (χ1n) is 10.5. The summed E-state index contributed by atoms with van der Waals surface area (Å²) >= 11 is 0. The predicted molar refractivity (Wildman–Crippen MR) is 124 cm³/mol. The third-order valence-corrected chi connectivity index (χ3v) is 7.45. The number of aryl methyl sites for hydroxylation is 3. The van der Waals surface area contributed by atoms with E-state index >= 15 is 0 Å². The topological polar surface area (TPSA) is 103 Å². The number of hydrogen-bond acceptors (Lipinski definition) is 6. The molecule has 1 N–H and O–H groups in total. The van der Waals surface area contributed by atoms with Crippen molar-refractivity contribution in [3.8, 4) is 11.5 Å². The smallest absolute Gasteiger partial charge is 0.268 e. The molecule has 0 saturated carbocycles. The average molecular weight is 471 g/mol. The van der Waals surface area contributed by atoms with Crippen molar-refractivity contribution in [2.75, 3.05) is 29.4 Å². The summed E-state index contributed by atoms with van der Waals surface area (Å²) in [7, 11) is -2.38. The van der Waals surface area contributed by atoms with Crippen LogP contribution in [0.25, 0.3) is 0 Å². The molecule has 0 fully saturated rings. The summed E-state index contributed by atoms with van der Waals surface area (Å²) in [6.45, 7) is 5.72. The molecule has 9 nitrogen and oxygen atoms in total. The van der Waals surface area contributed by atoms with E-state index in [0.717, 1.165) is 9.87 Å². The zero-order chi connectivity index (χ0) is 23.8. The Hall–Kier alpha value is -3.53. The molecule has 1 aromatic heterocycles. The van der Waals surface area contributed by atoms with Gasteiger partial charge >= 0.3 is 0 Å². The molecular weight excluding hydrogens is 444 g/mol. The monoisotopic (exact) mass is 470 g/mol. The molecule has 1 amide bonds. The lowest BCUT2D eigenvalue weighted by molar-refractivity contribution is -0.114. The Balaban J connectivity index is 1.65. The molecule has 2 heterocycles. The molecule has 10 heteroatoms. The van der Waals surface area contributed by atoms with Gasteiger partial charge in [0.2, 0.25) is 5.91 Å². The van der Waals surface area contributed by atoms with E-state index in [1.54, 1.807) is 63.4 Å². The van der Waals surface area contributed by atoms with Crippen LogP contribution in [0.2, 0.25) is 0 Å². The molecule has 0 radical (unpaired) electrons. The molecule has 0 bridgehead atoms. The fourth-order valence-electron chi connectivity index (χ4n) is 3.72. The highest BCUT2D eigenvalue weighted by atomic mass is 32.2. The van der Waals surface area contributed by atoms with Crippen LogP contribution < -0.4 is 19.1 Å². The highest BCUT2D eigenvalue weighted by Gasteiger charge is 2.32. The molecule has 1 aliphatic rings. The second-order valence-electron chi connectivity index (χ2n) is 7.88. The van der Waals surface area contributed by atoms with Crippen LogP contribution in [0.1, 0.15) is 17.0 Å². The van der Waals surface area contributed by atoms with Crippen molar-refractivity contribution in [1.29, 1.82) is 0 Å². The standard InChI is InChI=1S/C23H26N4O5S/c1-15-5-8-19(9-6-15)27(33(29,30)23-16(2)25-26(4)17(23)3)14-22(28)24-18-7-10-20-21(13-18)32-12-11-31-20/h5-10,13H,11-12,14H2,1-4H3,(H,24,28). The van der Waals surface area contributed by atoms with E-state index in [1.807, 2.05) is 6.92 Å². The highest BCUT2D eigenvalue weighted by Crippen LogP contribution is 2.33. The van der Waals surface area contributed by atoms with Crippen molar-refractivity contribution in [2.45, 2.75) is 25.7 Å². The molecular formula is C23H26N4O5S. The van der Waals surface area contributed by atoms with Gasteiger partial charge in [0.1, 0.15) is 24.7 Å². The zero-order valence-electron chi connectivity index (χ0n) is 19.0. The molecule has 3 aromatic rings. The zero-order valence-corrected chi connectivity index (χ0v) is 19.8. The van der Waals surface area contributed by atoms with Gasteiger partial charge in [-0.15, -0.1) is 0 Å². The van der Waals surface area contributed by atoms with Crippen LogP contribution in [0.15, 0.2) is 47.4 Å². The molecule has 174 valence electrons. The highest BCUT2D eigenvalue weighted by molar-refractivity contribution is 7.93. The van der Waals surface area contributed by atoms with Gasteiger partial charge in [0.25, 0.3) is 10.0 Å². The van der Waals surface area contributed by atoms with Gasteiger partial charge in [0.15, 0.2) is 11.5 Å². The number of benzene rings is 2. The van der Waals surface area contributed by atoms with E-state index in [1.165, 1.54) is 4.68 Å². The molecule has 1 aliphatic heterocycles. The van der Waals surface area contributed by atoms with E-state index < -0.39 is 22.5 Å². The first-order chi connectivity index (χ1) is 15.7. The number of ether oxygens (including phenoxy) is 2. The minimum absolute atomic E-state index is 0.0951. The number of nitrogens with one attached hydrogen (secondary N) is 1. The van der Waals surface area contributed by atoms with Crippen LogP contribution in [-0.2, 0) is 21.9 Å². The molecule has 2 aromatic carbocycles. The maximum Gasteiger partial charge on any atom is 0.268 e. The number of carbonyl (C=O) groups excluding carboxylic acids is 1. The van der Waals surface area contributed by atoms with Gasteiger partial charge in [-0.1, -0.05) is 17.7 Å². The van der Waals surface area contributed by atoms with Crippen molar-refractivity contribution in [2.24, 2.45) is 7.05 Å². The van der Waals surface area contributed by atoms with E-state index in [2.05, 4.69) is 10.4 Å². The van der Waals surface area contributed by atoms with Crippen LogP contribution in [0, 0.1) is 20.8 Å². The van der Waals surface area contributed by atoms with E-state index in [-0.39, 0.29) is 4.90 Å². The summed E-state index contributed by atoms with van der Waals surface area (Å²) in [5, 5.41) is 7.00. The van der Waals surface area contributed by atoms with E-state index in [9.17, 15) is 13.2 Å². The minimum atomic E-state index is -4.06. The number of carbonyl (C=O) groups is 1. The summed E-state index contributed by atoms with van der Waals surface area (Å²) in [6.07, 6.45) is 0. The molecule has 0 atom stereocenters. The van der Waals surface area contributed by atoms with Crippen LogP contribution >= 0.6 is 0 Å². The number of nitrogens with zero attached hydrogens (tertiary/aromatic N) is 3. The Morgan fingerprint density at radius 3 is 2.36 bits per heavy atom. The number of aromatic nitrogens is 2. The SMILES string of the molecule is Cc1ccc(N(CC(=O)Nc2ccc3c(c2)OCCO3)S(=O)(=O)c2c(C)nn(C)c2C)cc1. The number of anilines is 2. The number of rotatable bonds is 6. The van der Waals surface area contributed by atoms with Gasteiger partial charge in [-0.25, -0.2) is 8.42 Å². The largest absolute Gasteiger partial charge is 0.486 e. The maximum absolute atomic E-state index is 13.7. The molecule has 33 heavy (non-hydrogen) atoms. The fourth-order valence-corrected chi connectivity index (χ4v) is 5.54. The summed E-state index contributed by atoms with van der Waals surface area (Å²) in [5.74, 6) is 0.643. The molecule has 0 spiro atoms. The van der Waals surface area contributed by atoms with Crippen molar-refractivity contribution < 1.29 is 22.7 Å². The van der Waals surface area contributed by atoms with Gasteiger partial charge in [0.05, 0.1) is 17.1 Å². The number of sulfonamides is 1. The molecule has 0 saturated heterocycles. The second-order valence-corrected chi connectivity index (χ2v) is 9.68. The number of fused-ring (bicyclic) bond motifs is 1. The lowest BCUT2D eigenvalue weighted by Crippen LogP contribution is -2.38. The Bertz CT molecular complexity index is 1300. The normalized spacial score (nSPS) is 13.0. The van der Waals surface area contributed by atoms with E-state index in [4.69, 9.17) is 9.47 Å². The Labute approximate surface area is 193 Å². The third kappa shape index (κ3) is 4.51. The Morgan fingerprint density at radius 2 is 1.73 bits per heavy atom. The van der Waals surface area contributed by atoms with Crippen LogP contribution in [0.3, 0.4) is 0 Å². The van der Waals surface area contributed by atoms with Crippen molar-refractivity contribution in [3.05, 3.63) is 59.4 Å². The van der Waals surface area contributed by atoms with Crippen molar-refractivity contribution in [1.82, 2.24) is 9.78 Å². The predicted octanol–water partition coefficient (Wildman–Crippen LogP) is 2.95. The molecule has 0 aliphatic carbocycles. The van der Waals surface area contributed by atoms with Crippen LogP contribution in [0.4, 0.5) is 11.4 Å². The summed E-state index contributed by atoms with van der Waals surface area (Å²) in [5.41, 5.74) is 2.72. The van der Waals surface area contributed by atoms with Gasteiger partial charge in [0, 0.05) is 18.8 Å². The second kappa shape index (κ2) is 8.78. The van der Waals surface area contributed by atoms with Crippen LogP contribution in [0.5, 0.6) is 11.5 Å². The summed E-state index contributed by atoms with van der Waals surface area (Å²) in [6, 6.07) is 12.0. The quantitative estimate of drug-likeness (QED) is 0.594. The number of hydrogen-bond donors (Lipinski definition) is 1. The van der Waals surface area contributed by atoms with Crippen molar-refractivity contribution in [3.63, 3.8) is 0 Å². The Morgan fingerprint density at radius 1 is 1.06 bits per heavy atom. The molecule has 4 rings (SSSR count). The van der Waals surface area contributed by atoms with Gasteiger partial charge in [-0.3, -0.25) is 13.8 Å². The van der Waals surface area contributed by atoms with Crippen molar-refractivity contribution >= 4 is 27.3 Å². The average Bonchev–Trinajstić information content (AvgIpc) is 3.04. The minimum Gasteiger partial charge on any atom is -0.486 e. The molecule has 0 unspecified atom stereocenters. The third-order valence-electron chi connectivity index (χ3n) is 5.43. The summed E-state index contributed by atoms with van der Waals surface area (Å²) in [4.78, 5) is 13.1. The van der Waals surface area contributed by atoms with Gasteiger partial charge in [-0.05, 0) is 45.0 Å². The first kappa shape index (κ1) is 22.7. The lowest BCUT2D eigenvalue weighted by atomic mass is 10.2. The van der Waals surface area contributed by atoms with Gasteiger partial charge < -0.3 is 14.8 Å². The first-order valence-corrected chi connectivity index (χ1v) is 11.9. The van der Waals surface area contributed by atoms with E-state index in [0.29, 0.717) is 47.5 Å². The lowest BCUT2D eigenvalue weighted by Gasteiger charge is -2.24. The summed E-state index contributed by atoms with van der Waals surface area (Å²) < 4.78 is 41.1. The van der Waals surface area contributed by atoms with Gasteiger partial charge in [-0.2, -0.15) is 5.10 Å². The number of amides is 1. The Kier molecular flexibility index (Phi) is 6.03. The maximum atomic E-state index is 13.7. The van der Waals surface area contributed by atoms with Crippen LogP contribution in [-0.4, -0.2) is 43.9 Å². The fraction of sp³-hybridized carbons (Fsp3) is 0.304.